The lowest BCUT2D eigenvalue weighted by atomic mass is 9.83. The van der Waals surface area contributed by atoms with E-state index in [1.54, 1.807) is 11.2 Å². The van der Waals surface area contributed by atoms with E-state index in [1.165, 1.54) is 5.57 Å². The summed E-state index contributed by atoms with van der Waals surface area (Å²) in [5.41, 5.74) is 14.2. The maximum atomic E-state index is 13.3. The van der Waals surface area contributed by atoms with Crippen molar-refractivity contribution in [1.29, 1.82) is 0 Å². The Balaban J connectivity index is 1.59. The molecule has 1 saturated heterocycles. The Hall–Kier alpha value is -3.99. The summed E-state index contributed by atoms with van der Waals surface area (Å²) in [7, 11) is 2.02. The van der Waals surface area contributed by atoms with Gasteiger partial charge in [0.05, 0.1) is 11.4 Å². The molecule has 37 heavy (non-hydrogen) atoms. The summed E-state index contributed by atoms with van der Waals surface area (Å²) >= 11 is 0. The highest BCUT2D eigenvalue weighted by molar-refractivity contribution is 6.01. The Morgan fingerprint density at radius 3 is 2.57 bits per heavy atom. The summed E-state index contributed by atoms with van der Waals surface area (Å²) in [5.74, 6) is 2.12. The van der Waals surface area contributed by atoms with Crippen molar-refractivity contribution in [2.45, 2.75) is 58.9 Å². The molecule has 5 rings (SSSR count). The first-order valence-corrected chi connectivity index (χ1v) is 12.8. The van der Waals surface area contributed by atoms with E-state index in [2.05, 4.69) is 38.4 Å². The third kappa shape index (κ3) is 4.08. The quantitative estimate of drug-likeness (QED) is 0.556. The van der Waals surface area contributed by atoms with Gasteiger partial charge in [-0.25, -0.2) is 15.0 Å². The molecule has 4 heterocycles. The summed E-state index contributed by atoms with van der Waals surface area (Å²) in [6.45, 7) is 6.64. The normalized spacial score (nSPS) is 19.6. The molecule has 0 aromatic carbocycles. The number of allylic oxidation sites excluding steroid dienone is 2. The molecule has 8 heteroatoms. The van der Waals surface area contributed by atoms with Crippen LogP contribution in [0.2, 0.25) is 0 Å². The fourth-order valence-corrected chi connectivity index (χ4v) is 6.12. The second kappa shape index (κ2) is 9.47. The zero-order valence-corrected chi connectivity index (χ0v) is 21.8. The number of aromatic nitrogens is 4. The van der Waals surface area contributed by atoms with E-state index in [1.807, 2.05) is 27.0 Å². The number of hydrogen-bond donors (Lipinski definition) is 1. The highest BCUT2D eigenvalue weighted by atomic mass is 16.2. The van der Waals surface area contributed by atoms with Crippen molar-refractivity contribution in [2.24, 2.45) is 18.7 Å². The van der Waals surface area contributed by atoms with Crippen LogP contribution in [0.3, 0.4) is 0 Å². The number of likely N-dealkylation sites (tertiary alicyclic amines) is 1. The maximum absolute atomic E-state index is 13.3. The van der Waals surface area contributed by atoms with Crippen LogP contribution in [0.15, 0.2) is 18.5 Å². The third-order valence-electron chi connectivity index (χ3n) is 7.88. The molecule has 1 fully saturated rings. The number of carbonyl (C=O) groups excluding carboxylic acids is 2. The van der Waals surface area contributed by atoms with Crippen LogP contribution in [0.25, 0.3) is 27.9 Å². The Kier molecular flexibility index (Phi) is 6.32. The largest absolute Gasteiger partial charge is 0.368 e. The maximum Gasteiger partial charge on any atom is 0.240 e. The molecular formula is C29H32N6O2. The number of nitrogens with two attached hydrogens (primary N) is 1. The fraction of sp³-hybridized carbons (Fsp3) is 0.414. The van der Waals surface area contributed by atoms with Gasteiger partial charge in [0, 0.05) is 41.7 Å². The van der Waals surface area contributed by atoms with E-state index in [9.17, 15) is 9.59 Å². The number of aryl methyl sites for hydroxylation is 4. The van der Waals surface area contributed by atoms with Gasteiger partial charge in [-0.3, -0.25) is 9.59 Å². The van der Waals surface area contributed by atoms with Gasteiger partial charge in [-0.1, -0.05) is 12.0 Å². The minimum atomic E-state index is -0.480. The molecule has 1 unspecified atom stereocenters. The molecule has 2 amide bonds. The van der Waals surface area contributed by atoms with E-state index in [0.717, 1.165) is 57.6 Å². The molecule has 1 aliphatic heterocycles. The minimum absolute atomic E-state index is 0.0371. The van der Waals surface area contributed by atoms with Gasteiger partial charge in [-0.2, -0.15) is 0 Å². The van der Waals surface area contributed by atoms with Crippen molar-refractivity contribution in [3.63, 3.8) is 0 Å². The fourth-order valence-electron chi connectivity index (χ4n) is 6.12. The summed E-state index contributed by atoms with van der Waals surface area (Å²) in [4.78, 5) is 40.6. The van der Waals surface area contributed by atoms with Crippen LogP contribution < -0.4 is 5.73 Å². The van der Waals surface area contributed by atoms with Gasteiger partial charge in [-0.05, 0) is 70.1 Å². The lowest BCUT2D eigenvalue weighted by molar-refractivity contribution is -0.140. The standard InChI is InChI=1S/C29H32N6O2/c1-6-21-14-16(2)23(18(4)33-21)26-25(24-17(3)31-15-32-28(24)34(26)5)19-9-11-20(12-10-19)29(37)35-13-7-8-22(35)27(30)36/h1,9,14-15,20,22H,7-8,10-13H2,2-5H3,(H2,30,36)/t20?,22-/m0/s1. The van der Waals surface area contributed by atoms with Crippen molar-refractivity contribution < 1.29 is 9.59 Å². The molecule has 1 aliphatic carbocycles. The Bertz CT molecular complexity index is 1490. The van der Waals surface area contributed by atoms with Gasteiger partial charge in [0.25, 0.3) is 0 Å². The van der Waals surface area contributed by atoms with E-state index >= 15 is 0 Å². The lowest BCUT2D eigenvalue weighted by Crippen LogP contribution is -2.46. The number of amides is 2. The highest BCUT2D eigenvalue weighted by Gasteiger charge is 2.37. The molecular weight excluding hydrogens is 464 g/mol. The predicted octanol–water partition coefficient (Wildman–Crippen LogP) is 3.60. The number of rotatable bonds is 4. The van der Waals surface area contributed by atoms with Crippen molar-refractivity contribution >= 4 is 28.4 Å². The van der Waals surface area contributed by atoms with Crippen LogP contribution in [0, 0.1) is 39.0 Å². The first-order chi connectivity index (χ1) is 17.7. The highest BCUT2D eigenvalue weighted by Crippen LogP contribution is 2.44. The average molecular weight is 497 g/mol. The topological polar surface area (TPSA) is 107 Å². The van der Waals surface area contributed by atoms with Gasteiger partial charge in [-0.15, -0.1) is 6.42 Å². The minimum Gasteiger partial charge on any atom is -0.368 e. The molecule has 3 aromatic heterocycles. The lowest BCUT2D eigenvalue weighted by Gasteiger charge is -2.29. The molecule has 2 atom stereocenters. The molecule has 8 nitrogen and oxygen atoms in total. The van der Waals surface area contributed by atoms with Crippen molar-refractivity contribution in [3.05, 3.63) is 46.7 Å². The average Bonchev–Trinajstić information content (AvgIpc) is 3.48. The van der Waals surface area contributed by atoms with E-state index in [4.69, 9.17) is 12.2 Å². The van der Waals surface area contributed by atoms with Crippen LogP contribution in [0.4, 0.5) is 0 Å². The summed E-state index contributed by atoms with van der Waals surface area (Å²) in [6.07, 6.45) is 12.9. The molecule has 2 aliphatic rings. The van der Waals surface area contributed by atoms with Gasteiger partial charge in [0.2, 0.25) is 11.8 Å². The number of pyridine rings is 1. The first kappa shape index (κ1) is 24.7. The number of carbonyl (C=O) groups is 2. The van der Waals surface area contributed by atoms with Gasteiger partial charge in [0.15, 0.2) is 0 Å². The van der Waals surface area contributed by atoms with Crippen molar-refractivity contribution in [3.8, 4) is 23.6 Å². The first-order valence-electron chi connectivity index (χ1n) is 12.8. The summed E-state index contributed by atoms with van der Waals surface area (Å²) < 4.78 is 2.12. The van der Waals surface area contributed by atoms with Crippen LogP contribution >= 0.6 is 0 Å². The summed E-state index contributed by atoms with van der Waals surface area (Å²) in [5, 5.41) is 1.02. The van der Waals surface area contributed by atoms with Gasteiger partial charge in [0.1, 0.15) is 23.7 Å². The van der Waals surface area contributed by atoms with E-state index in [0.29, 0.717) is 31.5 Å². The molecule has 0 radical (unpaired) electrons. The molecule has 0 spiro atoms. The van der Waals surface area contributed by atoms with E-state index in [-0.39, 0.29) is 11.8 Å². The number of hydrogen-bond acceptors (Lipinski definition) is 5. The zero-order valence-electron chi connectivity index (χ0n) is 21.8. The number of terminal acetylenes is 1. The second-order valence-electron chi connectivity index (χ2n) is 10.2. The monoisotopic (exact) mass is 496 g/mol. The van der Waals surface area contributed by atoms with E-state index < -0.39 is 11.9 Å². The predicted molar refractivity (Wildman–Crippen MR) is 143 cm³/mol. The van der Waals surface area contributed by atoms with Gasteiger partial charge >= 0.3 is 0 Å². The molecule has 2 N–H and O–H groups in total. The number of primary amides is 1. The third-order valence-corrected chi connectivity index (χ3v) is 7.88. The number of fused-ring (bicyclic) bond motifs is 1. The Morgan fingerprint density at radius 1 is 1.14 bits per heavy atom. The van der Waals surface area contributed by atoms with Crippen LogP contribution in [0.1, 0.15) is 60.3 Å². The van der Waals surface area contributed by atoms with Gasteiger partial charge < -0.3 is 15.2 Å². The van der Waals surface area contributed by atoms with Crippen LogP contribution in [-0.2, 0) is 16.6 Å². The Morgan fingerprint density at radius 2 is 1.92 bits per heavy atom. The van der Waals surface area contributed by atoms with Crippen molar-refractivity contribution in [1.82, 2.24) is 24.4 Å². The Labute approximate surface area is 217 Å². The SMILES string of the molecule is C#Cc1cc(C)c(-c2c(C3=CCC(C(=O)N4CCC[C@H]4C(N)=O)CC3)c3c(C)ncnc3n2C)c(C)n1. The summed E-state index contributed by atoms with van der Waals surface area (Å²) in [6, 6.07) is 1.46. The van der Waals surface area contributed by atoms with Crippen LogP contribution in [0.5, 0.6) is 0 Å². The van der Waals surface area contributed by atoms with Crippen LogP contribution in [-0.4, -0.2) is 48.8 Å². The molecule has 0 bridgehead atoms. The molecule has 190 valence electrons. The second-order valence-corrected chi connectivity index (χ2v) is 10.2. The number of nitrogens with zero attached hydrogens (tertiary/aromatic N) is 5. The smallest absolute Gasteiger partial charge is 0.240 e. The van der Waals surface area contributed by atoms with Crippen molar-refractivity contribution in [2.75, 3.05) is 6.54 Å². The molecule has 0 saturated carbocycles. The zero-order chi connectivity index (χ0) is 26.4. The molecule has 3 aromatic rings.